The monoisotopic (exact) mass is 347 g/mol. The minimum absolute atomic E-state index is 0.0168. The maximum absolute atomic E-state index is 12.6. The summed E-state index contributed by atoms with van der Waals surface area (Å²) in [5.74, 6) is -1.60. The highest BCUT2D eigenvalue weighted by Gasteiger charge is 2.43. The fourth-order valence-corrected chi connectivity index (χ4v) is 2.84. The molecule has 0 radical (unpaired) electrons. The van der Waals surface area contributed by atoms with Gasteiger partial charge < -0.3 is 19.8 Å². The van der Waals surface area contributed by atoms with Gasteiger partial charge in [0.1, 0.15) is 5.75 Å². The molecule has 2 N–H and O–H groups in total. The molecule has 1 aliphatic heterocycles. The molecule has 0 aliphatic carbocycles. The van der Waals surface area contributed by atoms with Gasteiger partial charge in [-0.05, 0) is 31.5 Å². The van der Waals surface area contributed by atoms with E-state index in [0.29, 0.717) is 12.2 Å². The summed E-state index contributed by atoms with van der Waals surface area (Å²) in [6.45, 7) is 7.80. The molecule has 1 unspecified atom stereocenters. The summed E-state index contributed by atoms with van der Waals surface area (Å²) in [6, 6.07) is 5.61. The van der Waals surface area contributed by atoms with E-state index in [0.717, 1.165) is 0 Å². The lowest BCUT2D eigenvalue weighted by molar-refractivity contribution is -0.130. The average Bonchev–Trinajstić information content (AvgIpc) is 2.79. The van der Waals surface area contributed by atoms with Gasteiger partial charge in [-0.3, -0.25) is 9.59 Å². The van der Waals surface area contributed by atoms with Crippen LogP contribution in [0.1, 0.15) is 39.3 Å². The van der Waals surface area contributed by atoms with Gasteiger partial charge in [-0.1, -0.05) is 26.0 Å². The number of ketones is 1. The quantitative estimate of drug-likeness (QED) is 0.792. The van der Waals surface area contributed by atoms with Crippen LogP contribution in [0.15, 0.2) is 35.6 Å². The molecule has 2 rings (SSSR count). The minimum Gasteiger partial charge on any atom is -0.508 e. The number of Topliss-reactive ketones (excluding diaryl/α,β-unsaturated/α-hetero) is 1. The van der Waals surface area contributed by atoms with Crippen LogP contribution in [-0.4, -0.2) is 46.1 Å². The van der Waals surface area contributed by atoms with E-state index in [1.165, 1.54) is 17.0 Å². The molecule has 1 atom stereocenters. The molecular formula is C19H25NO5. The summed E-state index contributed by atoms with van der Waals surface area (Å²) in [5, 5.41) is 19.8. The van der Waals surface area contributed by atoms with Gasteiger partial charge in [0, 0.05) is 12.5 Å². The summed E-state index contributed by atoms with van der Waals surface area (Å²) in [4.78, 5) is 26.6. The molecule has 1 aliphatic rings. The molecule has 0 aromatic heterocycles. The van der Waals surface area contributed by atoms with Gasteiger partial charge >= 0.3 is 0 Å². The number of aromatic hydroxyl groups is 1. The van der Waals surface area contributed by atoms with E-state index < -0.39 is 17.7 Å². The molecule has 0 saturated heterocycles. The zero-order chi connectivity index (χ0) is 18.7. The fourth-order valence-electron chi connectivity index (χ4n) is 2.84. The third-order valence-electron chi connectivity index (χ3n) is 4.09. The van der Waals surface area contributed by atoms with Crippen molar-refractivity contribution in [3.63, 3.8) is 0 Å². The summed E-state index contributed by atoms with van der Waals surface area (Å²) in [5.41, 5.74) is 0.763. The standard InChI is InChI=1S/C19H25NO5/c1-11(2)17(22)15-16(13-5-7-14(21)8-6-13)20(19(24)18(15)23)9-10-25-12(3)4/h5-8,11-12,16,21,23H,9-10H2,1-4H3. The largest absolute Gasteiger partial charge is 0.508 e. The third kappa shape index (κ3) is 4.02. The van der Waals surface area contributed by atoms with Gasteiger partial charge in [0.25, 0.3) is 5.91 Å². The van der Waals surface area contributed by atoms with E-state index in [1.807, 2.05) is 13.8 Å². The maximum atomic E-state index is 12.6. The molecule has 1 heterocycles. The van der Waals surface area contributed by atoms with E-state index in [2.05, 4.69) is 0 Å². The van der Waals surface area contributed by atoms with Crippen molar-refractivity contribution in [3.05, 3.63) is 41.2 Å². The summed E-state index contributed by atoms with van der Waals surface area (Å²) < 4.78 is 5.51. The lowest BCUT2D eigenvalue weighted by atomic mass is 9.91. The number of benzene rings is 1. The first-order valence-corrected chi connectivity index (χ1v) is 8.42. The first-order valence-electron chi connectivity index (χ1n) is 8.42. The number of aliphatic hydroxyl groups excluding tert-OH is 1. The minimum atomic E-state index is -0.682. The zero-order valence-corrected chi connectivity index (χ0v) is 15.0. The number of ether oxygens (including phenoxy) is 1. The van der Waals surface area contributed by atoms with Crippen molar-refractivity contribution in [1.29, 1.82) is 0 Å². The van der Waals surface area contributed by atoms with Crippen molar-refractivity contribution >= 4 is 11.7 Å². The van der Waals surface area contributed by atoms with Crippen molar-refractivity contribution in [1.82, 2.24) is 4.90 Å². The van der Waals surface area contributed by atoms with Crippen LogP contribution in [0.2, 0.25) is 0 Å². The Labute approximate surface area is 147 Å². The topological polar surface area (TPSA) is 87.1 Å². The SMILES string of the molecule is CC(C)OCCN1C(=O)C(O)=C(C(=O)C(C)C)C1c1ccc(O)cc1. The molecule has 25 heavy (non-hydrogen) atoms. The predicted octanol–water partition coefficient (Wildman–Crippen LogP) is 2.74. The number of hydrogen-bond acceptors (Lipinski definition) is 5. The smallest absolute Gasteiger partial charge is 0.290 e. The Morgan fingerprint density at radius 1 is 1.16 bits per heavy atom. The average molecular weight is 347 g/mol. The van der Waals surface area contributed by atoms with Crippen LogP contribution in [0.25, 0.3) is 0 Å². The number of phenolic OH excluding ortho intramolecular Hbond substituents is 1. The highest BCUT2D eigenvalue weighted by atomic mass is 16.5. The number of hydrogen-bond donors (Lipinski definition) is 2. The van der Waals surface area contributed by atoms with Crippen LogP contribution in [0, 0.1) is 5.92 Å². The Bertz CT molecular complexity index is 676. The maximum Gasteiger partial charge on any atom is 0.290 e. The summed E-state index contributed by atoms with van der Waals surface area (Å²) in [6.07, 6.45) is 0.0168. The molecule has 136 valence electrons. The number of nitrogens with zero attached hydrogens (tertiary/aromatic N) is 1. The van der Waals surface area contributed by atoms with Gasteiger partial charge in [-0.15, -0.1) is 0 Å². The molecule has 0 spiro atoms. The second-order valence-electron chi connectivity index (χ2n) is 6.69. The number of phenols is 1. The van der Waals surface area contributed by atoms with Crippen molar-refractivity contribution in [3.8, 4) is 5.75 Å². The fraction of sp³-hybridized carbons (Fsp3) is 0.474. The van der Waals surface area contributed by atoms with Gasteiger partial charge in [0.05, 0.1) is 24.3 Å². The van der Waals surface area contributed by atoms with Crippen molar-refractivity contribution in [2.45, 2.75) is 39.8 Å². The second-order valence-corrected chi connectivity index (χ2v) is 6.69. The summed E-state index contributed by atoms with van der Waals surface area (Å²) in [7, 11) is 0. The van der Waals surface area contributed by atoms with E-state index in [1.54, 1.807) is 26.0 Å². The molecule has 1 amide bonds. The molecule has 6 heteroatoms. The van der Waals surface area contributed by atoms with Crippen molar-refractivity contribution in [2.24, 2.45) is 5.92 Å². The first kappa shape index (κ1) is 19.0. The molecular weight excluding hydrogens is 322 g/mol. The second kappa shape index (κ2) is 7.70. The lowest BCUT2D eigenvalue weighted by Crippen LogP contribution is -2.34. The number of carbonyl (C=O) groups excluding carboxylic acids is 2. The normalized spacial score (nSPS) is 17.9. The van der Waals surface area contributed by atoms with E-state index in [9.17, 15) is 19.8 Å². The number of carbonyl (C=O) groups is 2. The van der Waals surface area contributed by atoms with Crippen LogP contribution < -0.4 is 0 Å². The third-order valence-corrected chi connectivity index (χ3v) is 4.09. The first-order chi connectivity index (χ1) is 11.7. The Morgan fingerprint density at radius 3 is 2.28 bits per heavy atom. The highest BCUT2D eigenvalue weighted by molar-refractivity contribution is 6.09. The van der Waals surface area contributed by atoms with Gasteiger partial charge in [0.2, 0.25) is 0 Å². The van der Waals surface area contributed by atoms with Crippen LogP contribution in [0.5, 0.6) is 5.75 Å². The molecule has 0 fully saturated rings. The van der Waals surface area contributed by atoms with E-state index >= 15 is 0 Å². The Morgan fingerprint density at radius 2 is 1.76 bits per heavy atom. The van der Waals surface area contributed by atoms with E-state index in [4.69, 9.17) is 4.74 Å². The lowest BCUT2D eigenvalue weighted by Gasteiger charge is -2.27. The number of aliphatic hydroxyl groups is 1. The van der Waals surface area contributed by atoms with Gasteiger partial charge in [0.15, 0.2) is 11.5 Å². The predicted molar refractivity (Wildman–Crippen MR) is 93.1 cm³/mol. The van der Waals surface area contributed by atoms with Crippen molar-refractivity contribution < 1.29 is 24.5 Å². The van der Waals surface area contributed by atoms with Gasteiger partial charge in [-0.2, -0.15) is 0 Å². The zero-order valence-electron chi connectivity index (χ0n) is 15.0. The van der Waals surface area contributed by atoms with Crippen LogP contribution in [0.4, 0.5) is 0 Å². The summed E-state index contributed by atoms with van der Waals surface area (Å²) >= 11 is 0. The Balaban J connectivity index is 2.40. The molecule has 6 nitrogen and oxygen atoms in total. The Kier molecular flexibility index (Phi) is 5.85. The van der Waals surface area contributed by atoms with Crippen molar-refractivity contribution in [2.75, 3.05) is 13.2 Å². The molecule has 1 aromatic rings. The molecule has 0 bridgehead atoms. The van der Waals surface area contributed by atoms with Gasteiger partial charge in [-0.25, -0.2) is 0 Å². The van der Waals surface area contributed by atoms with Crippen LogP contribution in [-0.2, 0) is 14.3 Å². The van der Waals surface area contributed by atoms with Crippen LogP contribution >= 0.6 is 0 Å². The molecule has 0 saturated carbocycles. The number of rotatable bonds is 7. The van der Waals surface area contributed by atoms with Crippen LogP contribution in [0.3, 0.4) is 0 Å². The van der Waals surface area contributed by atoms with E-state index in [-0.39, 0.29) is 35.7 Å². The molecule has 1 aromatic carbocycles. The highest BCUT2D eigenvalue weighted by Crippen LogP contribution is 2.39. The Hall–Kier alpha value is -2.34. The number of amides is 1.